The molecule has 2 saturated heterocycles. The summed E-state index contributed by atoms with van der Waals surface area (Å²) in [6.07, 6.45) is 7.00. The summed E-state index contributed by atoms with van der Waals surface area (Å²) in [7, 11) is 1.94. The van der Waals surface area contributed by atoms with Crippen LogP contribution < -0.4 is 0 Å². The zero-order valence-electron chi connectivity index (χ0n) is 14.0. The quantitative estimate of drug-likeness (QED) is 0.853. The molecule has 1 aromatic heterocycles. The third-order valence-electron chi connectivity index (χ3n) is 5.25. The van der Waals surface area contributed by atoms with Crippen LogP contribution in [0.3, 0.4) is 0 Å². The Morgan fingerprint density at radius 3 is 2.92 bits per heavy atom. The summed E-state index contributed by atoms with van der Waals surface area (Å²) in [6, 6.07) is 9.54. The number of carbonyl (C=O) groups excluding carboxylic acids is 1. The lowest BCUT2D eigenvalue weighted by atomic mass is 9.84. The first-order valence-corrected chi connectivity index (χ1v) is 8.62. The molecule has 2 aromatic rings. The lowest BCUT2D eigenvalue weighted by Gasteiger charge is -2.39. The molecule has 5 heteroatoms. The average molecular weight is 325 g/mol. The van der Waals surface area contributed by atoms with E-state index in [4.69, 9.17) is 4.74 Å². The van der Waals surface area contributed by atoms with Gasteiger partial charge in [0.2, 0.25) is 0 Å². The van der Waals surface area contributed by atoms with Crippen molar-refractivity contribution >= 4 is 5.91 Å². The van der Waals surface area contributed by atoms with Gasteiger partial charge < -0.3 is 9.64 Å². The van der Waals surface area contributed by atoms with Gasteiger partial charge in [0.25, 0.3) is 5.91 Å². The van der Waals surface area contributed by atoms with E-state index in [0.29, 0.717) is 12.5 Å². The molecule has 0 N–H and O–H groups in total. The van der Waals surface area contributed by atoms with Crippen LogP contribution in [0.15, 0.2) is 42.7 Å². The van der Waals surface area contributed by atoms with Crippen LogP contribution in [0.2, 0.25) is 0 Å². The van der Waals surface area contributed by atoms with Crippen molar-refractivity contribution in [2.24, 2.45) is 7.05 Å². The standard InChI is InChI=1S/C19H23N3O2/c1-21-12-17(11-20-21)16-10-19(24-13-16)8-5-9-22(14-19)18(23)15-6-3-2-4-7-15/h2-4,6-7,11-12,16H,5,8-10,13-14H2,1H3/t16-,19-/m1/s1. The first-order chi connectivity index (χ1) is 11.7. The van der Waals surface area contributed by atoms with Crippen LogP contribution in [0.25, 0.3) is 0 Å². The predicted octanol–water partition coefficient (Wildman–Crippen LogP) is 2.60. The molecule has 0 aliphatic carbocycles. The van der Waals surface area contributed by atoms with Gasteiger partial charge in [-0.15, -0.1) is 0 Å². The summed E-state index contributed by atoms with van der Waals surface area (Å²) in [5, 5.41) is 4.27. The molecule has 2 aliphatic rings. The van der Waals surface area contributed by atoms with E-state index in [1.54, 1.807) is 0 Å². The van der Waals surface area contributed by atoms with Crippen LogP contribution >= 0.6 is 0 Å². The lowest BCUT2D eigenvalue weighted by Crippen LogP contribution is -2.50. The van der Waals surface area contributed by atoms with Gasteiger partial charge in [0.05, 0.1) is 18.4 Å². The van der Waals surface area contributed by atoms with Gasteiger partial charge in [0.15, 0.2) is 0 Å². The van der Waals surface area contributed by atoms with Gasteiger partial charge in [-0.2, -0.15) is 5.10 Å². The number of carbonyl (C=O) groups is 1. The van der Waals surface area contributed by atoms with Gasteiger partial charge in [0.1, 0.15) is 0 Å². The number of aryl methyl sites for hydroxylation is 1. The molecule has 3 heterocycles. The molecule has 0 unspecified atom stereocenters. The fraction of sp³-hybridized carbons (Fsp3) is 0.474. The van der Waals surface area contributed by atoms with E-state index in [-0.39, 0.29) is 11.5 Å². The third kappa shape index (κ3) is 2.84. The Morgan fingerprint density at radius 1 is 1.33 bits per heavy atom. The molecule has 0 radical (unpaired) electrons. The molecule has 1 amide bonds. The summed E-state index contributed by atoms with van der Waals surface area (Å²) in [5.41, 5.74) is 1.81. The highest BCUT2D eigenvalue weighted by molar-refractivity contribution is 5.94. The third-order valence-corrected chi connectivity index (χ3v) is 5.25. The fourth-order valence-electron chi connectivity index (χ4n) is 4.03. The van der Waals surface area contributed by atoms with Crippen molar-refractivity contribution in [2.45, 2.75) is 30.8 Å². The Hall–Kier alpha value is -2.14. The van der Waals surface area contributed by atoms with E-state index in [1.807, 2.05) is 53.2 Å². The van der Waals surface area contributed by atoms with Crippen LogP contribution in [0.4, 0.5) is 0 Å². The summed E-state index contributed by atoms with van der Waals surface area (Å²) in [4.78, 5) is 14.7. The molecular formula is C19H23N3O2. The number of aromatic nitrogens is 2. The van der Waals surface area contributed by atoms with Gasteiger partial charge in [-0.3, -0.25) is 9.48 Å². The molecule has 0 bridgehead atoms. The number of likely N-dealkylation sites (tertiary alicyclic amines) is 1. The first kappa shape index (κ1) is 15.4. The Morgan fingerprint density at radius 2 is 2.17 bits per heavy atom. The average Bonchev–Trinajstić information content (AvgIpc) is 3.22. The molecule has 0 saturated carbocycles. The smallest absolute Gasteiger partial charge is 0.253 e. The molecule has 1 spiro atoms. The van der Waals surface area contributed by atoms with Crippen molar-refractivity contribution < 1.29 is 9.53 Å². The summed E-state index contributed by atoms with van der Waals surface area (Å²) in [6.45, 7) is 2.23. The maximum atomic E-state index is 12.8. The van der Waals surface area contributed by atoms with E-state index in [1.165, 1.54) is 5.56 Å². The summed E-state index contributed by atoms with van der Waals surface area (Å²) in [5.74, 6) is 0.494. The van der Waals surface area contributed by atoms with E-state index < -0.39 is 0 Å². The first-order valence-electron chi connectivity index (χ1n) is 8.62. The molecule has 2 fully saturated rings. The molecule has 24 heavy (non-hydrogen) atoms. The van der Waals surface area contributed by atoms with Crippen molar-refractivity contribution in [2.75, 3.05) is 19.7 Å². The maximum Gasteiger partial charge on any atom is 0.253 e. The Bertz CT molecular complexity index is 727. The maximum absolute atomic E-state index is 12.8. The minimum atomic E-state index is -0.191. The van der Waals surface area contributed by atoms with Gasteiger partial charge in [0, 0.05) is 37.8 Å². The van der Waals surface area contributed by atoms with Gasteiger partial charge >= 0.3 is 0 Å². The van der Waals surface area contributed by atoms with E-state index in [9.17, 15) is 4.79 Å². The van der Waals surface area contributed by atoms with Gasteiger partial charge in [-0.05, 0) is 37.0 Å². The number of nitrogens with zero attached hydrogens (tertiary/aromatic N) is 3. The Labute approximate surface area is 142 Å². The predicted molar refractivity (Wildman–Crippen MR) is 90.8 cm³/mol. The monoisotopic (exact) mass is 325 g/mol. The molecule has 2 atom stereocenters. The number of rotatable bonds is 2. The Balaban J connectivity index is 1.48. The van der Waals surface area contributed by atoms with Crippen molar-refractivity contribution in [3.63, 3.8) is 0 Å². The molecule has 126 valence electrons. The number of benzene rings is 1. The highest BCUT2D eigenvalue weighted by Gasteiger charge is 2.45. The van der Waals surface area contributed by atoms with Crippen LogP contribution in [0, 0.1) is 0 Å². The minimum absolute atomic E-state index is 0.114. The number of piperidine rings is 1. The zero-order valence-corrected chi connectivity index (χ0v) is 14.0. The molecule has 1 aromatic carbocycles. The number of hydrogen-bond donors (Lipinski definition) is 0. The fourth-order valence-corrected chi connectivity index (χ4v) is 4.03. The lowest BCUT2D eigenvalue weighted by molar-refractivity contribution is -0.0447. The highest BCUT2D eigenvalue weighted by Crippen LogP contribution is 2.41. The highest BCUT2D eigenvalue weighted by atomic mass is 16.5. The minimum Gasteiger partial charge on any atom is -0.372 e. The van der Waals surface area contributed by atoms with Crippen molar-refractivity contribution in [3.8, 4) is 0 Å². The van der Waals surface area contributed by atoms with Crippen LogP contribution in [0.1, 0.15) is 41.1 Å². The van der Waals surface area contributed by atoms with Crippen LogP contribution in [-0.4, -0.2) is 45.9 Å². The normalized spacial score (nSPS) is 26.9. The van der Waals surface area contributed by atoms with E-state index >= 15 is 0 Å². The number of hydrogen-bond acceptors (Lipinski definition) is 3. The SMILES string of the molecule is Cn1cc([C@H]2CO[C@]3(CCCN(C(=O)c4ccccc4)C3)C2)cn1. The molecule has 2 aliphatic heterocycles. The topological polar surface area (TPSA) is 47.4 Å². The Kier molecular flexibility index (Phi) is 3.88. The number of ether oxygens (including phenoxy) is 1. The molecule has 5 nitrogen and oxygen atoms in total. The second-order valence-electron chi connectivity index (χ2n) is 7.04. The summed E-state index contributed by atoms with van der Waals surface area (Å²) >= 11 is 0. The largest absolute Gasteiger partial charge is 0.372 e. The second kappa shape index (κ2) is 6.06. The molecule has 4 rings (SSSR count). The number of amides is 1. The molecular weight excluding hydrogens is 302 g/mol. The van der Waals surface area contributed by atoms with E-state index in [0.717, 1.165) is 38.0 Å². The van der Waals surface area contributed by atoms with Gasteiger partial charge in [-0.1, -0.05) is 18.2 Å². The van der Waals surface area contributed by atoms with E-state index in [2.05, 4.69) is 11.3 Å². The second-order valence-corrected chi connectivity index (χ2v) is 7.04. The summed E-state index contributed by atoms with van der Waals surface area (Å²) < 4.78 is 8.08. The van der Waals surface area contributed by atoms with Gasteiger partial charge in [-0.25, -0.2) is 0 Å². The zero-order chi connectivity index (χ0) is 16.6. The van der Waals surface area contributed by atoms with Crippen LogP contribution in [0.5, 0.6) is 0 Å². The van der Waals surface area contributed by atoms with Crippen molar-refractivity contribution in [1.82, 2.24) is 14.7 Å². The van der Waals surface area contributed by atoms with Crippen LogP contribution in [-0.2, 0) is 11.8 Å². The van der Waals surface area contributed by atoms with Crippen molar-refractivity contribution in [1.29, 1.82) is 0 Å². The van der Waals surface area contributed by atoms with Crippen molar-refractivity contribution in [3.05, 3.63) is 53.9 Å².